The SMILES string of the molecule is O=c1n(CCNS(=O)(=O)/C=C/c2ccccc2)nc(-c2cccnc2)n1C1CC1. The van der Waals surface area contributed by atoms with E-state index < -0.39 is 10.0 Å². The first-order valence-corrected chi connectivity index (χ1v) is 10.9. The van der Waals surface area contributed by atoms with Crippen molar-refractivity contribution in [3.8, 4) is 11.4 Å². The van der Waals surface area contributed by atoms with Gasteiger partial charge in [0.15, 0.2) is 5.82 Å². The average Bonchev–Trinajstić information content (AvgIpc) is 3.52. The molecule has 2 heterocycles. The second-order valence-electron chi connectivity index (χ2n) is 6.82. The molecule has 29 heavy (non-hydrogen) atoms. The predicted octanol–water partition coefficient (Wildman–Crippen LogP) is 2.03. The number of aromatic nitrogens is 4. The van der Waals surface area contributed by atoms with E-state index in [0.717, 1.165) is 29.4 Å². The maximum Gasteiger partial charge on any atom is 0.346 e. The maximum absolute atomic E-state index is 12.8. The van der Waals surface area contributed by atoms with E-state index in [4.69, 9.17) is 0 Å². The molecule has 0 amide bonds. The highest BCUT2D eigenvalue weighted by molar-refractivity contribution is 7.92. The third-order valence-electron chi connectivity index (χ3n) is 4.57. The van der Waals surface area contributed by atoms with Crippen LogP contribution in [-0.2, 0) is 16.6 Å². The molecule has 150 valence electrons. The van der Waals surface area contributed by atoms with Crippen LogP contribution >= 0.6 is 0 Å². The fraction of sp³-hybridized carbons (Fsp3) is 0.250. The van der Waals surface area contributed by atoms with Crippen LogP contribution in [0.4, 0.5) is 0 Å². The van der Waals surface area contributed by atoms with Gasteiger partial charge in [-0.05, 0) is 36.6 Å². The monoisotopic (exact) mass is 411 g/mol. The molecule has 1 aliphatic carbocycles. The molecule has 0 bridgehead atoms. The molecule has 2 aromatic heterocycles. The molecule has 1 fully saturated rings. The lowest BCUT2D eigenvalue weighted by Gasteiger charge is -2.02. The van der Waals surface area contributed by atoms with E-state index in [1.165, 1.54) is 10.8 Å². The van der Waals surface area contributed by atoms with Crippen LogP contribution in [0.2, 0.25) is 0 Å². The quantitative estimate of drug-likeness (QED) is 0.612. The first-order valence-electron chi connectivity index (χ1n) is 9.36. The number of benzene rings is 1. The van der Waals surface area contributed by atoms with Crippen LogP contribution in [0.25, 0.3) is 17.5 Å². The third kappa shape index (κ3) is 4.69. The first-order chi connectivity index (χ1) is 14.0. The summed E-state index contributed by atoms with van der Waals surface area (Å²) in [6.07, 6.45) is 6.74. The minimum absolute atomic E-state index is 0.0650. The molecule has 0 aliphatic heterocycles. The molecule has 1 aliphatic rings. The van der Waals surface area contributed by atoms with Crippen LogP contribution in [0.3, 0.4) is 0 Å². The molecule has 0 unspecified atom stereocenters. The summed E-state index contributed by atoms with van der Waals surface area (Å²) < 4.78 is 29.8. The number of hydrogen-bond acceptors (Lipinski definition) is 5. The highest BCUT2D eigenvalue weighted by atomic mass is 32.2. The van der Waals surface area contributed by atoms with Crippen molar-refractivity contribution >= 4 is 16.1 Å². The third-order valence-corrected chi connectivity index (χ3v) is 5.67. The van der Waals surface area contributed by atoms with E-state index in [1.54, 1.807) is 23.0 Å². The summed E-state index contributed by atoms with van der Waals surface area (Å²) in [6.45, 7) is 0.208. The van der Waals surface area contributed by atoms with Crippen molar-refractivity contribution in [1.29, 1.82) is 0 Å². The maximum atomic E-state index is 12.8. The highest BCUT2D eigenvalue weighted by Gasteiger charge is 2.30. The molecule has 0 atom stereocenters. The fourth-order valence-electron chi connectivity index (χ4n) is 2.99. The Bertz CT molecular complexity index is 1160. The Kier molecular flexibility index (Phi) is 5.41. The van der Waals surface area contributed by atoms with Gasteiger partial charge in [0.25, 0.3) is 0 Å². The zero-order valence-electron chi connectivity index (χ0n) is 15.7. The lowest BCUT2D eigenvalue weighted by atomic mass is 10.2. The van der Waals surface area contributed by atoms with E-state index in [9.17, 15) is 13.2 Å². The summed E-state index contributed by atoms with van der Waals surface area (Å²) in [7, 11) is -3.61. The standard InChI is InChI=1S/C20H21N5O3S/c26-20-24(13-12-22-29(27,28)14-10-16-5-2-1-3-6-16)23-19(25(20)18-8-9-18)17-7-4-11-21-15-17/h1-7,10-11,14-15,18,22H,8-9,12-13H2/b14-10+. The Labute approximate surface area is 168 Å². The zero-order valence-corrected chi connectivity index (χ0v) is 16.5. The van der Waals surface area contributed by atoms with Gasteiger partial charge < -0.3 is 0 Å². The highest BCUT2D eigenvalue weighted by Crippen LogP contribution is 2.36. The smallest absolute Gasteiger partial charge is 0.272 e. The summed E-state index contributed by atoms with van der Waals surface area (Å²) in [6, 6.07) is 13.0. The van der Waals surface area contributed by atoms with Gasteiger partial charge in [-0.3, -0.25) is 9.55 Å². The summed E-state index contributed by atoms with van der Waals surface area (Å²) in [5.74, 6) is 0.567. The predicted molar refractivity (Wildman–Crippen MR) is 110 cm³/mol. The lowest BCUT2D eigenvalue weighted by molar-refractivity contribution is 0.551. The van der Waals surface area contributed by atoms with E-state index >= 15 is 0 Å². The molecule has 1 N–H and O–H groups in total. The van der Waals surface area contributed by atoms with Crippen molar-refractivity contribution in [3.05, 3.63) is 76.3 Å². The Hall–Kier alpha value is -3.04. The van der Waals surface area contributed by atoms with Gasteiger partial charge in [-0.2, -0.15) is 0 Å². The molecule has 1 saturated carbocycles. The van der Waals surface area contributed by atoms with Crippen molar-refractivity contribution in [1.82, 2.24) is 24.1 Å². The molecule has 0 radical (unpaired) electrons. The first kappa shape index (κ1) is 19.3. The fourth-order valence-corrected chi connectivity index (χ4v) is 3.80. The Morgan fingerprint density at radius 2 is 1.93 bits per heavy atom. The largest absolute Gasteiger partial charge is 0.346 e. The minimum atomic E-state index is -3.61. The Morgan fingerprint density at radius 1 is 1.14 bits per heavy atom. The van der Waals surface area contributed by atoms with Crippen LogP contribution in [0, 0.1) is 0 Å². The summed E-state index contributed by atoms with van der Waals surface area (Å²) in [4.78, 5) is 16.9. The lowest BCUT2D eigenvalue weighted by Crippen LogP contribution is -2.31. The van der Waals surface area contributed by atoms with E-state index in [-0.39, 0.29) is 24.8 Å². The van der Waals surface area contributed by atoms with Crippen LogP contribution in [0.15, 0.2) is 65.1 Å². The van der Waals surface area contributed by atoms with Crippen molar-refractivity contribution in [2.45, 2.75) is 25.4 Å². The molecule has 4 rings (SSSR count). The second-order valence-corrected chi connectivity index (χ2v) is 8.48. The molecule has 1 aromatic carbocycles. The van der Waals surface area contributed by atoms with Gasteiger partial charge in [0.05, 0.1) is 6.54 Å². The molecule has 9 heteroatoms. The Balaban J connectivity index is 1.46. The van der Waals surface area contributed by atoms with Crippen molar-refractivity contribution in [3.63, 3.8) is 0 Å². The molecular formula is C20H21N5O3S. The van der Waals surface area contributed by atoms with Gasteiger partial charge in [0.1, 0.15) is 0 Å². The van der Waals surface area contributed by atoms with Gasteiger partial charge in [-0.1, -0.05) is 30.3 Å². The topological polar surface area (TPSA) is 98.9 Å². The second kappa shape index (κ2) is 8.14. The van der Waals surface area contributed by atoms with Crippen LogP contribution in [-0.4, -0.2) is 34.3 Å². The average molecular weight is 411 g/mol. The van der Waals surface area contributed by atoms with Crippen LogP contribution in [0.1, 0.15) is 24.4 Å². The Morgan fingerprint density at radius 3 is 2.62 bits per heavy atom. The number of nitrogens with zero attached hydrogens (tertiary/aromatic N) is 4. The van der Waals surface area contributed by atoms with Gasteiger partial charge in [-0.25, -0.2) is 22.6 Å². The number of sulfonamides is 1. The van der Waals surface area contributed by atoms with Gasteiger partial charge >= 0.3 is 5.69 Å². The molecule has 0 saturated heterocycles. The van der Waals surface area contributed by atoms with Crippen molar-refractivity contribution in [2.24, 2.45) is 0 Å². The molecule has 3 aromatic rings. The number of nitrogens with one attached hydrogen (secondary N) is 1. The van der Waals surface area contributed by atoms with Crippen LogP contribution < -0.4 is 10.4 Å². The van der Waals surface area contributed by atoms with E-state index in [1.807, 2.05) is 36.4 Å². The summed E-state index contributed by atoms with van der Waals surface area (Å²) >= 11 is 0. The van der Waals surface area contributed by atoms with Crippen molar-refractivity contribution < 1.29 is 8.42 Å². The van der Waals surface area contributed by atoms with E-state index in [0.29, 0.717) is 5.82 Å². The number of rotatable bonds is 8. The summed E-state index contributed by atoms with van der Waals surface area (Å²) in [5.41, 5.74) is 1.32. The zero-order chi connectivity index (χ0) is 20.3. The van der Waals surface area contributed by atoms with Gasteiger partial charge in [0, 0.05) is 36.0 Å². The minimum Gasteiger partial charge on any atom is -0.272 e. The van der Waals surface area contributed by atoms with E-state index in [2.05, 4.69) is 14.8 Å². The normalized spacial score (nSPS) is 14.5. The molecule has 0 spiro atoms. The van der Waals surface area contributed by atoms with Gasteiger partial charge in [0.2, 0.25) is 10.0 Å². The molecular weight excluding hydrogens is 390 g/mol. The summed E-state index contributed by atoms with van der Waals surface area (Å²) in [5, 5.41) is 5.55. The van der Waals surface area contributed by atoms with Crippen molar-refractivity contribution in [2.75, 3.05) is 6.54 Å². The molecule has 8 nitrogen and oxygen atoms in total. The number of pyridine rings is 1. The van der Waals surface area contributed by atoms with Crippen LogP contribution in [0.5, 0.6) is 0 Å². The van der Waals surface area contributed by atoms with Gasteiger partial charge in [-0.15, -0.1) is 5.10 Å². The number of hydrogen-bond donors (Lipinski definition) is 1.